The molecule has 1 aromatic carbocycles. The normalized spacial score (nSPS) is 13.6. The standard InChI is InChI=1S/C18H17NO5S/c1-12(13-4-6-15-16(9-13)24-11-23-15)19-17(20)10-22-18(21)7-5-14-3-2-8-25-14/h2-9,12H,10-11H2,1H3,(H,19,20)/b7-5+/t12-/m1/s1. The van der Waals surface area contributed by atoms with E-state index >= 15 is 0 Å². The van der Waals surface area contributed by atoms with Crippen molar-refractivity contribution < 1.29 is 23.8 Å². The predicted octanol–water partition coefficient (Wildman–Crippen LogP) is 2.91. The molecule has 0 radical (unpaired) electrons. The maximum atomic E-state index is 11.9. The van der Waals surface area contributed by atoms with Crippen LogP contribution in [0.25, 0.3) is 6.08 Å². The van der Waals surface area contributed by atoms with Gasteiger partial charge in [-0.05, 0) is 42.1 Å². The highest BCUT2D eigenvalue weighted by Gasteiger charge is 2.17. The molecule has 0 aliphatic carbocycles. The van der Waals surface area contributed by atoms with Crippen LogP contribution in [-0.2, 0) is 14.3 Å². The Kier molecular flexibility index (Phi) is 5.35. The third kappa shape index (κ3) is 4.60. The van der Waals surface area contributed by atoms with Gasteiger partial charge in [0.05, 0.1) is 6.04 Å². The van der Waals surface area contributed by atoms with Crippen molar-refractivity contribution in [2.75, 3.05) is 13.4 Å². The molecule has 0 saturated carbocycles. The first-order valence-corrected chi connectivity index (χ1v) is 8.57. The van der Waals surface area contributed by atoms with E-state index < -0.39 is 5.97 Å². The fraction of sp³-hybridized carbons (Fsp3) is 0.222. The number of hydrogen-bond donors (Lipinski definition) is 1. The molecule has 0 spiro atoms. The van der Waals surface area contributed by atoms with Gasteiger partial charge in [0, 0.05) is 11.0 Å². The zero-order valence-electron chi connectivity index (χ0n) is 13.6. The van der Waals surface area contributed by atoms with E-state index in [1.54, 1.807) is 12.1 Å². The number of amides is 1. The molecule has 6 nitrogen and oxygen atoms in total. The molecule has 1 aliphatic heterocycles. The van der Waals surface area contributed by atoms with E-state index in [9.17, 15) is 9.59 Å². The number of thiophene rings is 1. The molecule has 0 saturated heterocycles. The Balaban J connectivity index is 1.46. The Hall–Kier alpha value is -2.80. The predicted molar refractivity (Wildman–Crippen MR) is 93.4 cm³/mol. The van der Waals surface area contributed by atoms with Crippen LogP contribution in [0.1, 0.15) is 23.4 Å². The van der Waals surface area contributed by atoms with Crippen molar-refractivity contribution in [1.29, 1.82) is 0 Å². The molecular formula is C18H17NO5S. The van der Waals surface area contributed by atoms with Crippen LogP contribution < -0.4 is 14.8 Å². The minimum absolute atomic E-state index is 0.203. The molecule has 0 bridgehead atoms. The third-order valence-electron chi connectivity index (χ3n) is 3.55. The number of ether oxygens (including phenoxy) is 3. The number of carbonyl (C=O) groups is 2. The highest BCUT2D eigenvalue weighted by atomic mass is 32.1. The van der Waals surface area contributed by atoms with Gasteiger partial charge in [-0.15, -0.1) is 11.3 Å². The van der Waals surface area contributed by atoms with Crippen molar-refractivity contribution in [2.24, 2.45) is 0 Å². The van der Waals surface area contributed by atoms with E-state index in [1.807, 2.05) is 36.6 Å². The molecule has 0 unspecified atom stereocenters. The highest BCUT2D eigenvalue weighted by Crippen LogP contribution is 2.34. The summed E-state index contributed by atoms with van der Waals surface area (Å²) in [7, 11) is 0. The first-order chi connectivity index (χ1) is 12.1. The highest BCUT2D eigenvalue weighted by molar-refractivity contribution is 7.10. The zero-order valence-corrected chi connectivity index (χ0v) is 14.4. The lowest BCUT2D eigenvalue weighted by Gasteiger charge is -2.14. The van der Waals surface area contributed by atoms with Gasteiger partial charge in [0.2, 0.25) is 6.79 Å². The Morgan fingerprint density at radius 2 is 2.16 bits per heavy atom. The molecule has 130 valence electrons. The second kappa shape index (κ2) is 7.85. The van der Waals surface area contributed by atoms with Gasteiger partial charge in [0.15, 0.2) is 18.1 Å². The number of nitrogens with one attached hydrogen (secondary N) is 1. The lowest BCUT2D eigenvalue weighted by atomic mass is 10.1. The van der Waals surface area contributed by atoms with Gasteiger partial charge in [-0.1, -0.05) is 12.1 Å². The van der Waals surface area contributed by atoms with Gasteiger partial charge in [-0.2, -0.15) is 0 Å². The molecule has 25 heavy (non-hydrogen) atoms. The van der Waals surface area contributed by atoms with Gasteiger partial charge >= 0.3 is 5.97 Å². The molecule has 0 fully saturated rings. The number of rotatable bonds is 6. The first kappa shape index (κ1) is 17.0. The minimum Gasteiger partial charge on any atom is -0.454 e. The van der Waals surface area contributed by atoms with Crippen molar-refractivity contribution in [1.82, 2.24) is 5.32 Å². The Morgan fingerprint density at radius 1 is 1.32 bits per heavy atom. The van der Waals surface area contributed by atoms with Crippen LogP contribution in [0.3, 0.4) is 0 Å². The summed E-state index contributed by atoms with van der Waals surface area (Å²) >= 11 is 1.51. The monoisotopic (exact) mass is 359 g/mol. The quantitative estimate of drug-likeness (QED) is 0.634. The van der Waals surface area contributed by atoms with Crippen LogP contribution in [0.2, 0.25) is 0 Å². The fourth-order valence-corrected chi connectivity index (χ4v) is 2.89. The van der Waals surface area contributed by atoms with Crippen LogP contribution in [0.4, 0.5) is 0 Å². The first-order valence-electron chi connectivity index (χ1n) is 7.69. The van der Waals surface area contributed by atoms with Crippen LogP contribution in [0, 0.1) is 0 Å². The van der Waals surface area contributed by atoms with E-state index in [1.165, 1.54) is 17.4 Å². The maximum Gasteiger partial charge on any atom is 0.331 e. The average Bonchev–Trinajstić information content (AvgIpc) is 3.28. The van der Waals surface area contributed by atoms with Gasteiger partial charge in [-0.3, -0.25) is 4.79 Å². The van der Waals surface area contributed by atoms with E-state index in [0.29, 0.717) is 11.5 Å². The van der Waals surface area contributed by atoms with E-state index in [2.05, 4.69) is 5.32 Å². The van der Waals surface area contributed by atoms with Crippen molar-refractivity contribution >= 4 is 29.3 Å². The summed E-state index contributed by atoms with van der Waals surface area (Å²) in [5.41, 5.74) is 0.876. The van der Waals surface area contributed by atoms with Gasteiger partial charge in [0.25, 0.3) is 5.91 Å². The zero-order chi connectivity index (χ0) is 17.6. The minimum atomic E-state index is -0.556. The SMILES string of the molecule is C[C@@H](NC(=O)COC(=O)/C=C/c1cccs1)c1ccc2c(c1)OCO2. The van der Waals surface area contributed by atoms with Crippen LogP contribution >= 0.6 is 11.3 Å². The second-order valence-corrected chi connectivity index (χ2v) is 6.34. The number of esters is 1. The largest absolute Gasteiger partial charge is 0.454 e. The smallest absolute Gasteiger partial charge is 0.331 e. The number of carbonyl (C=O) groups excluding carboxylic acids is 2. The third-order valence-corrected chi connectivity index (χ3v) is 4.38. The van der Waals surface area contributed by atoms with E-state index in [0.717, 1.165) is 10.4 Å². The van der Waals surface area contributed by atoms with E-state index in [4.69, 9.17) is 14.2 Å². The summed E-state index contributed by atoms with van der Waals surface area (Å²) < 4.78 is 15.5. The van der Waals surface area contributed by atoms with Crippen LogP contribution in [-0.4, -0.2) is 25.3 Å². The lowest BCUT2D eigenvalue weighted by Crippen LogP contribution is -2.30. The van der Waals surface area contributed by atoms with Gasteiger partial charge in [0.1, 0.15) is 0 Å². The van der Waals surface area contributed by atoms with E-state index in [-0.39, 0.29) is 25.3 Å². The van der Waals surface area contributed by atoms with Crippen molar-refractivity contribution in [2.45, 2.75) is 13.0 Å². The molecule has 1 N–H and O–H groups in total. The molecule has 1 aromatic heterocycles. The number of hydrogen-bond acceptors (Lipinski definition) is 6. The lowest BCUT2D eigenvalue weighted by molar-refractivity contribution is -0.144. The molecule has 1 aliphatic rings. The molecule has 3 rings (SSSR count). The molecular weight excluding hydrogens is 342 g/mol. The summed E-state index contributed by atoms with van der Waals surface area (Å²) in [6, 6.07) is 9.00. The number of fused-ring (bicyclic) bond motifs is 1. The molecule has 2 aromatic rings. The molecule has 1 amide bonds. The Morgan fingerprint density at radius 3 is 2.96 bits per heavy atom. The Bertz CT molecular complexity index is 785. The summed E-state index contributed by atoms with van der Waals surface area (Å²) in [5.74, 6) is 0.416. The van der Waals surface area contributed by atoms with Crippen LogP contribution in [0.15, 0.2) is 41.8 Å². The molecule has 2 heterocycles. The van der Waals surface area contributed by atoms with Gasteiger partial charge in [-0.25, -0.2) is 4.79 Å². The average molecular weight is 359 g/mol. The maximum absolute atomic E-state index is 11.9. The topological polar surface area (TPSA) is 73.9 Å². The summed E-state index contributed by atoms with van der Waals surface area (Å²) in [6.07, 6.45) is 2.96. The van der Waals surface area contributed by atoms with Gasteiger partial charge < -0.3 is 19.5 Å². The van der Waals surface area contributed by atoms with Crippen molar-refractivity contribution in [3.63, 3.8) is 0 Å². The van der Waals surface area contributed by atoms with Crippen LogP contribution in [0.5, 0.6) is 11.5 Å². The second-order valence-electron chi connectivity index (χ2n) is 5.36. The molecule has 7 heteroatoms. The van der Waals surface area contributed by atoms with Crippen molar-refractivity contribution in [3.8, 4) is 11.5 Å². The molecule has 1 atom stereocenters. The Labute approximate surface area is 149 Å². The summed E-state index contributed by atoms with van der Waals surface area (Å²) in [5, 5.41) is 4.69. The van der Waals surface area contributed by atoms with Crippen molar-refractivity contribution in [3.05, 3.63) is 52.2 Å². The summed E-state index contributed by atoms with van der Waals surface area (Å²) in [4.78, 5) is 24.5. The fourth-order valence-electron chi connectivity index (χ4n) is 2.27. The summed E-state index contributed by atoms with van der Waals surface area (Å²) in [6.45, 7) is 1.71. The number of benzene rings is 1.